The lowest BCUT2D eigenvalue weighted by Crippen LogP contribution is -2.33. The van der Waals surface area contributed by atoms with E-state index in [-0.39, 0.29) is 30.6 Å². The summed E-state index contributed by atoms with van der Waals surface area (Å²) in [6.45, 7) is 5.07. The summed E-state index contributed by atoms with van der Waals surface area (Å²) in [6.07, 6.45) is 22.0. The van der Waals surface area contributed by atoms with Gasteiger partial charge < -0.3 is 31.3 Å². The molecule has 16 nitrogen and oxygen atoms in total. The highest BCUT2D eigenvalue weighted by Gasteiger charge is 2.42. The molecule has 2 rings (SSSR count). The average Bonchev–Trinajstić information content (AvgIpc) is 3.50. The minimum Gasteiger partial charge on any atom is -0.344 e. The minimum absolute atomic E-state index is 0. The fourth-order valence-corrected chi connectivity index (χ4v) is 10.2. The second-order valence-corrected chi connectivity index (χ2v) is 18.0. The second kappa shape index (κ2) is 26.5. The quantitative estimate of drug-likeness (QED) is 0.0288. The Hall–Kier alpha value is -1.25. The van der Waals surface area contributed by atoms with E-state index in [2.05, 4.69) is 16.2 Å². The van der Waals surface area contributed by atoms with Crippen molar-refractivity contribution in [2.45, 2.75) is 149 Å². The van der Waals surface area contributed by atoms with Gasteiger partial charge >= 0.3 is 28.9 Å². The van der Waals surface area contributed by atoms with Gasteiger partial charge in [0.15, 0.2) is 6.23 Å². The van der Waals surface area contributed by atoms with Crippen LogP contribution in [-0.4, -0.2) is 44.8 Å². The van der Waals surface area contributed by atoms with Gasteiger partial charge in [-0.2, -0.15) is 4.31 Å². The highest BCUT2D eigenvalue weighted by molar-refractivity contribution is 7.68. The lowest BCUT2D eigenvalue weighted by atomic mass is 10.0. The summed E-state index contributed by atoms with van der Waals surface area (Å²) in [7, 11) is -14.7. The van der Waals surface area contributed by atoms with E-state index in [4.69, 9.17) is 18.1 Å². The number of nitrogens with zero attached hydrogens (tertiary/aromatic N) is 1. The Morgan fingerprint density at radius 2 is 1.24 bits per heavy atom. The minimum atomic E-state index is -5.38. The van der Waals surface area contributed by atoms with Crippen LogP contribution in [0.15, 0.2) is 27.9 Å². The van der Waals surface area contributed by atoms with Crippen molar-refractivity contribution in [3.8, 4) is 0 Å². The van der Waals surface area contributed by atoms with Crippen molar-refractivity contribution < 1.29 is 45.9 Å². The molecule has 0 saturated heterocycles. The number of ether oxygens (including phenoxy) is 1. The van der Waals surface area contributed by atoms with Crippen LogP contribution >= 0.6 is 23.2 Å². The first-order valence-electron chi connectivity index (χ1n) is 17.9. The zero-order valence-electron chi connectivity index (χ0n) is 30.9. The second-order valence-electron chi connectivity index (χ2n) is 12.6. The van der Waals surface area contributed by atoms with Crippen molar-refractivity contribution in [3.05, 3.63) is 44.8 Å². The molecule has 0 aliphatic carbocycles. The maximum absolute atomic E-state index is 13.4. The number of unbranched alkanes of at least 4 members (excludes halogenated alkanes) is 16. The third-order valence-electron chi connectivity index (χ3n) is 8.13. The smallest absolute Gasteiger partial charge is 0.344 e. The van der Waals surface area contributed by atoms with E-state index in [1.165, 1.54) is 95.9 Å². The van der Waals surface area contributed by atoms with Gasteiger partial charge in [0, 0.05) is 11.8 Å². The standard InChI is InChI=1S/C32H59N2O12P3.2H3N/c1-4-6-8-9-10-11-12-13-14-15-16-17-18-19-20-21-25-47(37,42-24-7-5-2)45-49(40,41)46-48(38,39)43-27-29-22-23-30(44-29)34-26-28(3)31(35)33-32(34)36;;/h22-23,26,29-30H,4-21,24-25,27H2,1-3H3,(H,38,39)(H,40,41)(H,33,35,36);2*1H3/t29-,30+,47?;;/m0../s1. The molecule has 1 aliphatic heterocycles. The number of nitrogens with one attached hydrogen (secondary N) is 1. The van der Waals surface area contributed by atoms with Crippen molar-refractivity contribution in [1.82, 2.24) is 21.9 Å². The Labute approximate surface area is 303 Å². The van der Waals surface area contributed by atoms with Crippen LogP contribution in [0.25, 0.3) is 0 Å². The Morgan fingerprint density at radius 3 is 1.76 bits per heavy atom. The van der Waals surface area contributed by atoms with Gasteiger partial charge in [-0.15, -0.1) is 0 Å². The topological polar surface area (TPSA) is 263 Å². The molecule has 51 heavy (non-hydrogen) atoms. The zero-order chi connectivity index (χ0) is 36.2. The number of aromatic amines is 1. The Morgan fingerprint density at radius 1 is 0.725 bits per heavy atom. The molecule has 1 aromatic rings. The number of hydrogen-bond acceptors (Lipinski definition) is 12. The van der Waals surface area contributed by atoms with Gasteiger partial charge in [-0.3, -0.25) is 23.4 Å². The molecule has 0 amide bonds. The van der Waals surface area contributed by atoms with Gasteiger partial charge in [0.1, 0.15) is 6.10 Å². The van der Waals surface area contributed by atoms with Crippen molar-refractivity contribution >= 4 is 23.2 Å². The molecule has 0 bridgehead atoms. The van der Waals surface area contributed by atoms with Crippen molar-refractivity contribution in [2.24, 2.45) is 0 Å². The van der Waals surface area contributed by atoms with Crippen molar-refractivity contribution in [3.63, 3.8) is 0 Å². The van der Waals surface area contributed by atoms with E-state index >= 15 is 0 Å². The molecule has 0 saturated carbocycles. The van der Waals surface area contributed by atoms with Gasteiger partial charge in [-0.05, 0) is 25.8 Å². The summed E-state index contributed by atoms with van der Waals surface area (Å²) in [5.74, 6) is 0. The maximum Gasteiger partial charge on any atom is 0.488 e. The van der Waals surface area contributed by atoms with Crippen LogP contribution in [0.1, 0.15) is 141 Å². The van der Waals surface area contributed by atoms with Crippen LogP contribution in [0.5, 0.6) is 0 Å². The number of aryl methyl sites for hydroxylation is 1. The Bertz CT molecular complexity index is 1390. The van der Waals surface area contributed by atoms with Crippen molar-refractivity contribution in [2.75, 3.05) is 19.4 Å². The normalized spacial score (nSPS) is 19.1. The molecule has 1 aliphatic rings. The third kappa shape index (κ3) is 21.3. The average molecular weight is 791 g/mol. The number of hydrogen-bond donors (Lipinski definition) is 5. The summed E-state index contributed by atoms with van der Waals surface area (Å²) >= 11 is 0. The summed E-state index contributed by atoms with van der Waals surface area (Å²) in [5, 5.41) is 0. The van der Waals surface area contributed by atoms with Crippen LogP contribution < -0.4 is 23.6 Å². The molecule has 3 unspecified atom stereocenters. The van der Waals surface area contributed by atoms with Gasteiger partial charge in [0.25, 0.3) is 5.56 Å². The number of phosphoric ester groups is 1. The van der Waals surface area contributed by atoms with Crippen LogP contribution in [0.3, 0.4) is 0 Å². The first-order valence-corrected chi connectivity index (χ1v) is 22.6. The van der Waals surface area contributed by atoms with E-state index in [9.17, 15) is 33.1 Å². The fourth-order valence-electron chi connectivity index (χ4n) is 5.34. The van der Waals surface area contributed by atoms with E-state index in [1.807, 2.05) is 6.92 Å². The highest BCUT2D eigenvalue weighted by Crippen LogP contribution is 2.69. The summed E-state index contributed by atoms with van der Waals surface area (Å²) in [4.78, 5) is 46.3. The van der Waals surface area contributed by atoms with E-state index in [0.29, 0.717) is 12.8 Å². The largest absolute Gasteiger partial charge is 0.488 e. The van der Waals surface area contributed by atoms with Crippen LogP contribution in [-0.2, 0) is 36.1 Å². The monoisotopic (exact) mass is 790 g/mol. The fraction of sp³-hybridized carbons (Fsp3) is 0.812. The van der Waals surface area contributed by atoms with Crippen molar-refractivity contribution in [1.29, 1.82) is 0 Å². The summed E-state index contributed by atoms with van der Waals surface area (Å²) < 4.78 is 64.9. The molecule has 0 aromatic carbocycles. The molecule has 19 heteroatoms. The lowest BCUT2D eigenvalue weighted by Gasteiger charge is -2.22. The maximum atomic E-state index is 13.4. The molecule has 300 valence electrons. The van der Waals surface area contributed by atoms with Gasteiger partial charge in [-0.25, -0.2) is 18.2 Å². The Balaban J connectivity index is 0.0000125. The highest BCUT2D eigenvalue weighted by atomic mass is 31.3. The number of phosphoric acid groups is 2. The van der Waals surface area contributed by atoms with Crippen LogP contribution in [0.2, 0.25) is 0 Å². The van der Waals surface area contributed by atoms with E-state index in [0.717, 1.165) is 36.7 Å². The summed E-state index contributed by atoms with van der Waals surface area (Å²) in [6, 6.07) is 0. The van der Waals surface area contributed by atoms with E-state index in [1.54, 1.807) is 0 Å². The van der Waals surface area contributed by atoms with Crippen LogP contribution in [0, 0.1) is 6.92 Å². The molecular formula is C32H65N4O12P3. The number of rotatable bonds is 29. The predicted molar refractivity (Wildman–Crippen MR) is 200 cm³/mol. The predicted octanol–water partition coefficient (Wildman–Crippen LogP) is 9.14. The SMILES string of the molecule is CCCCCCCCCCCCCCCCCCP(=O)(OCCCC)OP(=O)(O)OP(=O)(O)OC[C@@H]1C=C[C@H](n2cc(C)c(=O)[nH]c2=O)O1.N.N. The van der Waals surface area contributed by atoms with Gasteiger partial charge in [0.05, 0.1) is 19.4 Å². The molecule has 9 N–H and O–H groups in total. The molecule has 0 radical (unpaired) electrons. The molecule has 0 fully saturated rings. The van der Waals surface area contributed by atoms with Gasteiger partial charge in [0.2, 0.25) is 0 Å². The van der Waals surface area contributed by atoms with E-state index < -0.39 is 53.4 Å². The molecule has 1 aromatic heterocycles. The third-order valence-corrected chi connectivity index (χ3v) is 13.5. The Kier molecular flexibility index (Phi) is 25.9. The first kappa shape index (κ1) is 49.8. The molecule has 2 heterocycles. The first-order chi connectivity index (χ1) is 23.3. The number of H-pyrrole nitrogens is 1. The number of aromatic nitrogens is 2. The zero-order valence-corrected chi connectivity index (χ0v) is 33.6. The molecule has 0 spiro atoms. The van der Waals surface area contributed by atoms with Crippen LogP contribution in [0.4, 0.5) is 0 Å². The molecular weight excluding hydrogens is 725 g/mol. The van der Waals surface area contributed by atoms with Gasteiger partial charge in [-0.1, -0.05) is 123 Å². The molecule has 5 atom stereocenters. The lowest BCUT2D eigenvalue weighted by molar-refractivity contribution is -0.0104. The summed E-state index contributed by atoms with van der Waals surface area (Å²) in [5.41, 5.74) is -0.983.